The Morgan fingerprint density at radius 1 is 1.05 bits per heavy atom. The topological polar surface area (TPSA) is 176 Å². The van der Waals surface area contributed by atoms with Gasteiger partial charge < -0.3 is 45.5 Å². The molecule has 1 aromatic heterocycles. The van der Waals surface area contributed by atoms with E-state index in [9.17, 15) is 24.9 Å². The highest BCUT2D eigenvalue weighted by atomic mass is 16.6. The molecule has 1 aliphatic rings. The number of rotatable bonds is 11. The van der Waals surface area contributed by atoms with Gasteiger partial charge in [0.2, 0.25) is 5.95 Å². The molecule has 222 valence electrons. The number of aliphatic hydroxyl groups is 3. The van der Waals surface area contributed by atoms with Gasteiger partial charge in [-0.2, -0.15) is 0 Å². The first-order valence-corrected chi connectivity index (χ1v) is 13.3. The van der Waals surface area contributed by atoms with E-state index >= 15 is 0 Å². The van der Waals surface area contributed by atoms with E-state index in [0.29, 0.717) is 29.3 Å². The maximum atomic E-state index is 12.2. The molecule has 13 heteroatoms. The SMILES string of the molecule is CC(C)(C)OC(=O)NCCNC(=O)COc1cccc(CNc2nc3ccccc3n2[C@@H]2O[C@H](CO)[C@@H](O)[C@H]2O)c1. The van der Waals surface area contributed by atoms with Crippen LogP contribution >= 0.6 is 0 Å². The van der Waals surface area contributed by atoms with Crippen molar-refractivity contribution in [2.24, 2.45) is 0 Å². The minimum atomic E-state index is -1.26. The second-order valence-corrected chi connectivity index (χ2v) is 10.6. The Hall–Kier alpha value is -3.91. The van der Waals surface area contributed by atoms with Gasteiger partial charge in [-0.1, -0.05) is 24.3 Å². The zero-order valence-corrected chi connectivity index (χ0v) is 23.2. The number of hydrogen-bond donors (Lipinski definition) is 6. The first-order chi connectivity index (χ1) is 19.6. The normalized spacial score (nSPS) is 20.5. The molecule has 0 spiro atoms. The lowest BCUT2D eigenvalue weighted by Crippen LogP contribution is -2.39. The van der Waals surface area contributed by atoms with Crippen LogP contribution in [0.15, 0.2) is 48.5 Å². The van der Waals surface area contributed by atoms with Crippen LogP contribution in [0.2, 0.25) is 0 Å². The highest BCUT2D eigenvalue weighted by Crippen LogP contribution is 2.35. The molecular formula is C28H37N5O8. The number of alkyl carbamates (subject to hydrolysis) is 1. The standard InChI is InChI=1S/C28H37N5O8/c1-28(2,3)41-27(38)30-12-11-29-22(35)16-39-18-8-6-7-17(13-18)14-31-26-32-19-9-4-5-10-20(19)33(26)25-24(37)23(36)21(15-34)40-25/h4-10,13,21,23-25,34,36-37H,11-12,14-16H2,1-3H3,(H,29,35)(H,30,38)(H,31,32)/t21-,23-,24-,25-/m1/s1. The van der Waals surface area contributed by atoms with Crippen molar-refractivity contribution in [3.8, 4) is 5.75 Å². The lowest BCUT2D eigenvalue weighted by molar-refractivity contribution is -0.123. The maximum absolute atomic E-state index is 12.2. The average molecular weight is 572 g/mol. The van der Waals surface area contributed by atoms with Gasteiger partial charge >= 0.3 is 6.09 Å². The molecule has 2 aromatic carbocycles. The van der Waals surface area contributed by atoms with Crippen LogP contribution in [0.3, 0.4) is 0 Å². The van der Waals surface area contributed by atoms with Crippen molar-refractivity contribution < 1.29 is 39.1 Å². The predicted octanol–water partition coefficient (Wildman–Crippen LogP) is 1.28. The summed E-state index contributed by atoms with van der Waals surface area (Å²) in [4.78, 5) is 28.4. The van der Waals surface area contributed by atoms with Crippen molar-refractivity contribution in [3.05, 3.63) is 54.1 Å². The highest BCUT2D eigenvalue weighted by molar-refractivity contribution is 5.79. The van der Waals surface area contributed by atoms with E-state index in [0.717, 1.165) is 5.56 Å². The van der Waals surface area contributed by atoms with Crippen LogP contribution in [0, 0.1) is 0 Å². The number of nitrogens with one attached hydrogen (secondary N) is 3. The van der Waals surface area contributed by atoms with E-state index in [1.165, 1.54) is 0 Å². The van der Waals surface area contributed by atoms with Gasteiger partial charge in [-0.3, -0.25) is 9.36 Å². The fraction of sp³-hybridized carbons (Fsp3) is 0.464. The number of carbonyl (C=O) groups is 2. The lowest BCUT2D eigenvalue weighted by atomic mass is 10.1. The van der Waals surface area contributed by atoms with Gasteiger partial charge in [0.1, 0.15) is 29.7 Å². The zero-order chi connectivity index (χ0) is 29.6. The van der Waals surface area contributed by atoms with Crippen LogP contribution < -0.4 is 20.7 Å². The molecule has 4 atom stereocenters. The van der Waals surface area contributed by atoms with Crippen molar-refractivity contribution in [3.63, 3.8) is 0 Å². The molecule has 1 saturated heterocycles. The number of carbonyl (C=O) groups excluding carboxylic acids is 2. The summed E-state index contributed by atoms with van der Waals surface area (Å²) in [7, 11) is 0. The van der Waals surface area contributed by atoms with E-state index in [1.54, 1.807) is 43.5 Å². The summed E-state index contributed by atoms with van der Waals surface area (Å²) in [6.07, 6.45) is -4.93. The smallest absolute Gasteiger partial charge is 0.407 e. The number of amides is 2. The number of para-hydroxylation sites is 2. The Balaban J connectivity index is 1.32. The van der Waals surface area contributed by atoms with E-state index in [4.69, 9.17) is 14.2 Å². The molecule has 2 heterocycles. The van der Waals surface area contributed by atoms with Crippen LogP contribution in [0.4, 0.5) is 10.7 Å². The Kier molecular flexibility index (Phi) is 9.65. The van der Waals surface area contributed by atoms with Crippen LogP contribution in [-0.4, -0.2) is 87.1 Å². The molecule has 0 aliphatic carbocycles. The number of aliphatic hydroxyl groups excluding tert-OH is 3. The van der Waals surface area contributed by atoms with Gasteiger partial charge in [0.15, 0.2) is 12.8 Å². The van der Waals surface area contributed by atoms with E-state index in [2.05, 4.69) is 20.9 Å². The van der Waals surface area contributed by atoms with Gasteiger partial charge in [-0.05, 0) is 50.6 Å². The molecule has 2 amide bonds. The van der Waals surface area contributed by atoms with Gasteiger partial charge in [-0.15, -0.1) is 0 Å². The number of hydrogen-bond acceptors (Lipinski definition) is 10. The quantitative estimate of drug-likeness (QED) is 0.184. The van der Waals surface area contributed by atoms with Crippen molar-refractivity contribution >= 4 is 29.0 Å². The molecule has 3 aromatic rings. The van der Waals surface area contributed by atoms with Crippen LogP contribution in [0.1, 0.15) is 32.6 Å². The first kappa shape index (κ1) is 30.1. The first-order valence-electron chi connectivity index (χ1n) is 13.3. The third kappa shape index (κ3) is 7.85. The number of aromatic nitrogens is 2. The summed E-state index contributed by atoms with van der Waals surface area (Å²) < 4.78 is 18.2. The van der Waals surface area contributed by atoms with Crippen LogP contribution in [0.25, 0.3) is 11.0 Å². The number of anilines is 1. The molecule has 0 unspecified atom stereocenters. The Morgan fingerprint density at radius 2 is 1.80 bits per heavy atom. The number of fused-ring (bicyclic) bond motifs is 1. The minimum Gasteiger partial charge on any atom is -0.484 e. The second kappa shape index (κ2) is 13.2. The summed E-state index contributed by atoms with van der Waals surface area (Å²) in [6, 6.07) is 14.5. The van der Waals surface area contributed by atoms with Crippen molar-refractivity contribution in [2.45, 2.75) is 57.5 Å². The molecule has 1 aliphatic heterocycles. The molecule has 41 heavy (non-hydrogen) atoms. The predicted molar refractivity (Wildman–Crippen MR) is 149 cm³/mol. The zero-order valence-electron chi connectivity index (χ0n) is 23.2. The average Bonchev–Trinajstić information content (AvgIpc) is 3.44. The summed E-state index contributed by atoms with van der Waals surface area (Å²) in [6.45, 7) is 5.44. The molecule has 6 N–H and O–H groups in total. The molecule has 1 fully saturated rings. The molecular weight excluding hydrogens is 534 g/mol. The van der Waals surface area contributed by atoms with E-state index < -0.39 is 42.8 Å². The summed E-state index contributed by atoms with van der Waals surface area (Å²) in [5.74, 6) is 0.557. The Morgan fingerprint density at radius 3 is 2.54 bits per heavy atom. The number of imidazole rings is 1. The Bertz CT molecular complexity index is 1340. The summed E-state index contributed by atoms with van der Waals surface area (Å²) in [5, 5.41) is 38.9. The highest BCUT2D eigenvalue weighted by Gasteiger charge is 2.44. The molecule has 0 bridgehead atoms. The van der Waals surface area contributed by atoms with Gasteiger partial charge in [0.05, 0.1) is 17.6 Å². The molecule has 0 radical (unpaired) electrons. The molecule has 4 rings (SSSR count). The third-order valence-corrected chi connectivity index (χ3v) is 6.20. The van der Waals surface area contributed by atoms with Crippen LogP contribution in [0.5, 0.6) is 5.75 Å². The lowest BCUT2D eigenvalue weighted by Gasteiger charge is -2.20. The van der Waals surface area contributed by atoms with E-state index in [1.807, 2.05) is 30.3 Å². The van der Waals surface area contributed by atoms with Crippen molar-refractivity contribution in [1.82, 2.24) is 20.2 Å². The fourth-order valence-electron chi connectivity index (χ4n) is 4.33. The maximum Gasteiger partial charge on any atom is 0.407 e. The Labute approximate surface area is 237 Å². The third-order valence-electron chi connectivity index (χ3n) is 6.20. The van der Waals surface area contributed by atoms with Crippen molar-refractivity contribution in [1.29, 1.82) is 0 Å². The number of nitrogens with zero attached hydrogens (tertiary/aromatic N) is 2. The molecule has 0 saturated carbocycles. The van der Waals surface area contributed by atoms with Crippen LogP contribution in [-0.2, 0) is 20.8 Å². The van der Waals surface area contributed by atoms with Crippen molar-refractivity contribution in [2.75, 3.05) is 31.6 Å². The van der Waals surface area contributed by atoms with Gasteiger partial charge in [-0.25, -0.2) is 9.78 Å². The fourth-order valence-corrected chi connectivity index (χ4v) is 4.33. The minimum absolute atomic E-state index is 0.204. The largest absolute Gasteiger partial charge is 0.484 e. The van der Waals surface area contributed by atoms with Gasteiger partial charge in [0, 0.05) is 19.6 Å². The monoisotopic (exact) mass is 571 g/mol. The van der Waals surface area contributed by atoms with E-state index in [-0.39, 0.29) is 25.6 Å². The summed E-state index contributed by atoms with van der Waals surface area (Å²) >= 11 is 0. The molecule has 13 nitrogen and oxygen atoms in total. The number of benzene rings is 2. The number of ether oxygens (including phenoxy) is 3. The second-order valence-electron chi connectivity index (χ2n) is 10.6. The van der Waals surface area contributed by atoms with Gasteiger partial charge in [0.25, 0.3) is 5.91 Å². The summed E-state index contributed by atoms with van der Waals surface area (Å²) in [5.41, 5.74) is 1.59.